The summed E-state index contributed by atoms with van der Waals surface area (Å²) >= 11 is 0. The molecule has 0 aliphatic heterocycles. The third-order valence-electron chi connectivity index (χ3n) is 2.58. The minimum atomic E-state index is 0.0562. The molecule has 1 N–H and O–H groups in total. The summed E-state index contributed by atoms with van der Waals surface area (Å²) in [5.74, 6) is 6.24. The third kappa shape index (κ3) is 4.59. The number of ether oxygens (including phenoxy) is 1. The van der Waals surface area contributed by atoms with Gasteiger partial charge in [0.1, 0.15) is 0 Å². The molecule has 0 atom stereocenters. The summed E-state index contributed by atoms with van der Waals surface area (Å²) in [5.41, 5.74) is 3.08. The Morgan fingerprint density at radius 1 is 0.842 bits per heavy atom. The predicted octanol–water partition coefficient (Wildman–Crippen LogP) is 2.60. The summed E-state index contributed by atoms with van der Waals surface area (Å²) in [6.07, 6.45) is 0. The maximum absolute atomic E-state index is 8.62. The van der Waals surface area contributed by atoms with Gasteiger partial charge in [0.15, 0.2) is 0 Å². The van der Waals surface area contributed by atoms with E-state index in [9.17, 15) is 0 Å². The standard InChI is InChI=1S/C17H16O2/c18-12-13-19-14-17-10-8-16(9-11-17)7-6-15-4-2-1-3-5-15/h1-5,8-11,18H,12-14H2. The minimum Gasteiger partial charge on any atom is -0.394 e. The first-order valence-corrected chi connectivity index (χ1v) is 6.23. The van der Waals surface area contributed by atoms with Crippen LogP contribution in [0.3, 0.4) is 0 Å². The summed E-state index contributed by atoms with van der Waals surface area (Å²) in [5, 5.41) is 8.62. The maximum atomic E-state index is 8.62. The van der Waals surface area contributed by atoms with E-state index in [4.69, 9.17) is 9.84 Å². The van der Waals surface area contributed by atoms with Crippen molar-refractivity contribution < 1.29 is 9.84 Å². The molecule has 2 nitrogen and oxygen atoms in total. The second-order valence-electron chi connectivity index (χ2n) is 4.09. The molecule has 0 heterocycles. The van der Waals surface area contributed by atoms with Gasteiger partial charge in [-0.15, -0.1) is 0 Å². The lowest BCUT2D eigenvalue weighted by atomic mass is 10.1. The molecule has 0 amide bonds. The Kier molecular flexibility index (Phi) is 5.18. The van der Waals surface area contributed by atoms with Crippen LogP contribution in [-0.4, -0.2) is 18.3 Å². The molecule has 0 bridgehead atoms. The lowest BCUT2D eigenvalue weighted by Crippen LogP contribution is -1.98. The van der Waals surface area contributed by atoms with Gasteiger partial charge in [0.25, 0.3) is 0 Å². The van der Waals surface area contributed by atoms with Crippen LogP contribution in [0.5, 0.6) is 0 Å². The zero-order valence-corrected chi connectivity index (χ0v) is 10.7. The highest BCUT2D eigenvalue weighted by molar-refractivity contribution is 5.43. The maximum Gasteiger partial charge on any atom is 0.0718 e. The highest BCUT2D eigenvalue weighted by Gasteiger charge is 1.93. The highest BCUT2D eigenvalue weighted by Crippen LogP contribution is 2.05. The van der Waals surface area contributed by atoms with Gasteiger partial charge in [0.05, 0.1) is 19.8 Å². The van der Waals surface area contributed by atoms with Gasteiger partial charge < -0.3 is 9.84 Å². The molecule has 0 aliphatic carbocycles. The molecule has 2 heteroatoms. The Hall–Kier alpha value is -2.08. The van der Waals surface area contributed by atoms with Crippen molar-refractivity contribution in [2.24, 2.45) is 0 Å². The second-order valence-corrected chi connectivity index (χ2v) is 4.09. The van der Waals surface area contributed by atoms with E-state index < -0.39 is 0 Å². The molecule has 2 aromatic rings. The van der Waals surface area contributed by atoms with E-state index in [0.717, 1.165) is 16.7 Å². The first kappa shape index (κ1) is 13.4. The molecule has 0 radical (unpaired) electrons. The summed E-state index contributed by atoms with van der Waals surface area (Å²) in [6, 6.07) is 17.9. The van der Waals surface area contributed by atoms with Crippen LogP contribution in [-0.2, 0) is 11.3 Å². The lowest BCUT2D eigenvalue weighted by molar-refractivity contribution is 0.0815. The molecule has 19 heavy (non-hydrogen) atoms. The number of hydrogen-bond donors (Lipinski definition) is 1. The Morgan fingerprint density at radius 3 is 2.11 bits per heavy atom. The van der Waals surface area contributed by atoms with Crippen LogP contribution in [0.2, 0.25) is 0 Å². The van der Waals surface area contributed by atoms with Gasteiger partial charge in [0, 0.05) is 11.1 Å². The molecular formula is C17H16O2. The molecular weight excluding hydrogens is 236 g/mol. The number of benzene rings is 2. The van der Waals surface area contributed by atoms with E-state index in [2.05, 4.69) is 11.8 Å². The number of hydrogen-bond acceptors (Lipinski definition) is 2. The van der Waals surface area contributed by atoms with Crippen molar-refractivity contribution in [2.75, 3.05) is 13.2 Å². The first-order valence-electron chi connectivity index (χ1n) is 6.23. The first-order chi connectivity index (χ1) is 9.38. The minimum absolute atomic E-state index is 0.0562. The van der Waals surface area contributed by atoms with Crippen LogP contribution in [0, 0.1) is 11.8 Å². The van der Waals surface area contributed by atoms with Crippen LogP contribution in [0.25, 0.3) is 0 Å². The monoisotopic (exact) mass is 252 g/mol. The fourth-order valence-corrected chi connectivity index (χ4v) is 1.60. The van der Waals surface area contributed by atoms with Crippen LogP contribution < -0.4 is 0 Å². The van der Waals surface area contributed by atoms with E-state index in [0.29, 0.717) is 13.2 Å². The van der Waals surface area contributed by atoms with E-state index in [-0.39, 0.29) is 6.61 Å². The molecule has 0 spiro atoms. The van der Waals surface area contributed by atoms with Gasteiger partial charge >= 0.3 is 0 Å². The van der Waals surface area contributed by atoms with E-state index >= 15 is 0 Å². The molecule has 96 valence electrons. The van der Waals surface area contributed by atoms with Crippen molar-refractivity contribution >= 4 is 0 Å². The fraction of sp³-hybridized carbons (Fsp3) is 0.176. The molecule has 2 aromatic carbocycles. The normalized spacial score (nSPS) is 9.74. The van der Waals surface area contributed by atoms with Gasteiger partial charge in [-0.25, -0.2) is 0 Å². The SMILES string of the molecule is OCCOCc1ccc(C#Cc2ccccc2)cc1. The number of aliphatic hydroxyl groups is 1. The zero-order valence-electron chi connectivity index (χ0n) is 10.7. The second kappa shape index (κ2) is 7.38. The summed E-state index contributed by atoms with van der Waals surface area (Å²) < 4.78 is 5.25. The Labute approximate surface area is 113 Å². The van der Waals surface area contributed by atoms with Gasteiger partial charge in [0.2, 0.25) is 0 Å². The smallest absolute Gasteiger partial charge is 0.0718 e. The molecule has 0 saturated heterocycles. The van der Waals surface area contributed by atoms with E-state index in [1.165, 1.54) is 0 Å². The van der Waals surface area contributed by atoms with Crippen molar-refractivity contribution in [3.05, 3.63) is 71.3 Å². The third-order valence-corrected chi connectivity index (χ3v) is 2.58. The average molecular weight is 252 g/mol. The molecule has 0 aromatic heterocycles. The number of rotatable bonds is 4. The predicted molar refractivity (Wildman–Crippen MR) is 75.6 cm³/mol. The molecule has 2 rings (SSSR count). The lowest BCUT2D eigenvalue weighted by Gasteiger charge is -2.02. The van der Waals surface area contributed by atoms with Crippen molar-refractivity contribution in [1.82, 2.24) is 0 Å². The van der Waals surface area contributed by atoms with Crippen molar-refractivity contribution in [3.63, 3.8) is 0 Å². The fourth-order valence-electron chi connectivity index (χ4n) is 1.60. The number of aliphatic hydroxyl groups excluding tert-OH is 1. The Balaban J connectivity index is 1.97. The molecule has 0 unspecified atom stereocenters. The van der Waals surface area contributed by atoms with Crippen LogP contribution in [0.15, 0.2) is 54.6 Å². The Bertz CT molecular complexity index is 547. The zero-order chi connectivity index (χ0) is 13.3. The summed E-state index contributed by atoms with van der Waals surface area (Å²) in [4.78, 5) is 0. The average Bonchev–Trinajstić information content (AvgIpc) is 2.48. The quantitative estimate of drug-likeness (QED) is 0.669. The van der Waals surface area contributed by atoms with Gasteiger partial charge in [-0.3, -0.25) is 0 Å². The Morgan fingerprint density at radius 2 is 1.47 bits per heavy atom. The molecule has 0 saturated carbocycles. The molecule has 0 aliphatic rings. The van der Waals surface area contributed by atoms with Crippen LogP contribution in [0.1, 0.15) is 16.7 Å². The van der Waals surface area contributed by atoms with Crippen LogP contribution in [0.4, 0.5) is 0 Å². The van der Waals surface area contributed by atoms with Gasteiger partial charge in [-0.05, 0) is 29.8 Å². The molecule has 0 fully saturated rings. The van der Waals surface area contributed by atoms with Gasteiger partial charge in [-0.1, -0.05) is 42.2 Å². The van der Waals surface area contributed by atoms with Crippen molar-refractivity contribution in [1.29, 1.82) is 0 Å². The van der Waals surface area contributed by atoms with Gasteiger partial charge in [-0.2, -0.15) is 0 Å². The van der Waals surface area contributed by atoms with E-state index in [1.807, 2.05) is 54.6 Å². The topological polar surface area (TPSA) is 29.5 Å². The highest BCUT2D eigenvalue weighted by atomic mass is 16.5. The van der Waals surface area contributed by atoms with Crippen molar-refractivity contribution in [2.45, 2.75) is 6.61 Å². The van der Waals surface area contributed by atoms with E-state index in [1.54, 1.807) is 0 Å². The van der Waals surface area contributed by atoms with Crippen LogP contribution >= 0.6 is 0 Å². The largest absolute Gasteiger partial charge is 0.394 e. The summed E-state index contributed by atoms with van der Waals surface area (Å²) in [7, 11) is 0. The summed E-state index contributed by atoms with van der Waals surface area (Å²) in [6.45, 7) is 0.948. The van der Waals surface area contributed by atoms with Crippen molar-refractivity contribution in [3.8, 4) is 11.8 Å².